The summed E-state index contributed by atoms with van der Waals surface area (Å²) in [7, 11) is 0. The predicted octanol–water partition coefficient (Wildman–Crippen LogP) is 4.57. The number of anilines is 1. The summed E-state index contributed by atoms with van der Waals surface area (Å²) in [4.78, 5) is 26.9. The van der Waals surface area contributed by atoms with Crippen LogP contribution in [0.5, 0.6) is 0 Å². The quantitative estimate of drug-likeness (QED) is 0.557. The van der Waals surface area contributed by atoms with Crippen molar-refractivity contribution in [1.29, 1.82) is 0 Å². The normalized spacial score (nSPS) is 19.0. The highest BCUT2D eigenvalue weighted by molar-refractivity contribution is 6.13. The number of nitrogens with zero attached hydrogens (tertiary/aromatic N) is 4. The van der Waals surface area contributed by atoms with Gasteiger partial charge in [0.05, 0.1) is 17.3 Å². The number of benzene rings is 1. The van der Waals surface area contributed by atoms with Crippen LogP contribution in [0.1, 0.15) is 81.4 Å². The second-order valence-corrected chi connectivity index (χ2v) is 10.5. The van der Waals surface area contributed by atoms with Gasteiger partial charge >= 0.3 is 0 Å². The monoisotopic (exact) mass is 474 g/mol. The molecule has 5 rings (SSSR count). The lowest BCUT2D eigenvalue weighted by Gasteiger charge is -2.28. The summed E-state index contributed by atoms with van der Waals surface area (Å²) < 4.78 is 1.70. The summed E-state index contributed by atoms with van der Waals surface area (Å²) >= 11 is 0. The van der Waals surface area contributed by atoms with E-state index in [1.807, 2.05) is 52.0 Å². The molecule has 2 fully saturated rings. The Bertz CT molecular complexity index is 1140. The van der Waals surface area contributed by atoms with E-state index in [2.05, 4.69) is 25.9 Å². The van der Waals surface area contributed by atoms with E-state index >= 15 is 0 Å². The van der Waals surface area contributed by atoms with Crippen molar-refractivity contribution in [3.8, 4) is 0 Å². The molecule has 1 aromatic carbocycles. The highest BCUT2D eigenvalue weighted by Crippen LogP contribution is 2.51. The molecule has 2 aromatic rings. The first-order valence-corrected chi connectivity index (χ1v) is 12.7. The molecule has 0 spiro atoms. The molecular weight excluding hydrogens is 440 g/mol. The number of aromatic nitrogens is 2. The van der Waals surface area contributed by atoms with E-state index in [0.717, 1.165) is 48.4 Å². The number of carbonyl (C=O) groups excluding carboxylic acids is 2. The van der Waals surface area contributed by atoms with Crippen LogP contribution in [0.25, 0.3) is 0 Å². The lowest BCUT2D eigenvalue weighted by atomic mass is 9.88. The zero-order valence-corrected chi connectivity index (χ0v) is 20.9. The van der Waals surface area contributed by atoms with Gasteiger partial charge in [-0.25, -0.2) is 0 Å². The zero-order valence-electron chi connectivity index (χ0n) is 20.9. The van der Waals surface area contributed by atoms with Crippen LogP contribution in [0.4, 0.5) is 5.69 Å². The standard InChI is InChI=1S/C27H34N6O2/c1-15(2)33-22(13-14-28-33)26(34)30-25(24(19-5-6-19)20-7-8-20)27(35)29-21-11-9-18(10-12-21)23-16(3)31-32-17(23)4/h9-15,19-20,23-25H,5-8H2,1-4H3,(H,29,35)(H,30,34). The summed E-state index contributed by atoms with van der Waals surface area (Å²) in [5, 5.41) is 18.8. The Kier molecular flexibility index (Phi) is 6.30. The summed E-state index contributed by atoms with van der Waals surface area (Å²) in [5.74, 6) is 0.868. The van der Waals surface area contributed by atoms with Crippen molar-refractivity contribution >= 4 is 28.9 Å². The van der Waals surface area contributed by atoms with Crippen LogP contribution >= 0.6 is 0 Å². The first-order valence-electron chi connectivity index (χ1n) is 12.7. The fourth-order valence-corrected chi connectivity index (χ4v) is 5.39. The van der Waals surface area contributed by atoms with Crippen molar-refractivity contribution in [2.45, 2.75) is 71.4 Å². The van der Waals surface area contributed by atoms with Crippen LogP contribution in [-0.2, 0) is 4.79 Å². The highest BCUT2D eigenvalue weighted by Gasteiger charge is 2.48. The van der Waals surface area contributed by atoms with Gasteiger partial charge in [-0.3, -0.25) is 14.3 Å². The fourth-order valence-electron chi connectivity index (χ4n) is 5.39. The number of carbonyl (C=O) groups is 2. The molecule has 35 heavy (non-hydrogen) atoms. The molecule has 3 aliphatic rings. The van der Waals surface area contributed by atoms with Crippen molar-refractivity contribution in [3.63, 3.8) is 0 Å². The van der Waals surface area contributed by atoms with Crippen LogP contribution in [0, 0.1) is 17.8 Å². The van der Waals surface area contributed by atoms with Crippen LogP contribution in [0.15, 0.2) is 46.7 Å². The van der Waals surface area contributed by atoms with Gasteiger partial charge in [0, 0.05) is 17.9 Å². The summed E-state index contributed by atoms with van der Waals surface area (Å²) in [5.41, 5.74) is 4.25. The van der Waals surface area contributed by atoms with E-state index in [1.165, 1.54) is 0 Å². The van der Waals surface area contributed by atoms with Gasteiger partial charge in [-0.05, 0) is 94.9 Å². The lowest BCUT2D eigenvalue weighted by molar-refractivity contribution is -0.119. The Morgan fingerprint density at radius 1 is 0.943 bits per heavy atom. The fraction of sp³-hybridized carbons (Fsp3) is 0.519. The molecule has 2 N–H and O–H groups in total. The first-order chi connectivity index (χ1) is 16.8. The molecule has 2 amide bonds. The Morgan fingerprint density at radius 2 is 1.54 bits per heavy atom. The lowest BCUT2D eigenvalue weighted by Crippen LogP contribution is -2.50. The summed E-state index contributed by atoms with van der Waals surface area (Å²) in [6.07, 6.45) is 6.14. The van der Waals surface area contributed by atoms with Gasteiger partial charge in [0.25, 0.3) is 5.91 Å². The van der Waals surface area contributed by atoms with Crippen molar-refractivity contribution in [2.24, 2.45) is 28.0 Å². The molecule has 8 nitrogen and oxygen atoms in total. The second kappa shape index (κ2) is 9.40. The van der Waals surface area contributed by atoms with Crippen LogP contribution in [0.2, 0.25) is 0 Å². The average molecular weight is 475 g/mol. The molecule has 2 saturated carbocycles. The van der Waals surface area contributed by atoms with Gasteiger partial charge in [-0.1, -0.05) is 12.1 Å². The number of amides is 2. The smallest absolute Gasteiger partial charge is 0.270 e. The molecule has 2 heterocycles. The number of rotatable bonds is 9. The Morgan fingerprint density at radius 3 is 2.09 bits per heavy atom. The Hall–Kier alpha value is -3.29. The Labute approximate surface area is 206 Å². The predicted molar refractivity (Wildman–Crippen MR) is 137 cm³/mol. The van der Waals surface area contributed by atoms with Crippen molar-refractivity contribution in [1.82, 2.24) is 15.1 Å². The van der Waals surface area contributed by atoms with E-state index in [9.17, 15) is 9.59 Å². The van der Waals surface area contributed by atoms with Gasteiger partial charge in [0.2, 0.25) is 5.91 Å². The van der Waals surface area contributed by atoms with Crippen molar-refractivity contribution in [2.75, 3.05) is 5.32 Å². The third kappa shape index (κ3) is 4.92. The number of hydrogen-bond donors (Lipinski definition) is 2. The molecule has 1 atom stereocenters. The molecule has 1 aromatic heterocycles. The zero-order chi connectivity index (χ0) is 24.7. The second-order valence-electron chi connectivity index (χ2n) is 10.5. The highest BCUT2D eigenvalue weighted by atomic mass is 16.2. The third-order valence-electron chi connectivity index (χ3n) is 7.39. The summed E-state index contributed by atoms with van der Waals surface area (Å²) in [6.45, 7) is 7.94. The molecule has 184 valence electrons. The SMILES string of the molecule is CC1=NN=C(C)C1c1ccc(NC(=O)C(NC(=O)c2ccnn2C(C)C)C(C2CC2)C2CC2)cc1. The Balaban J connectivity index is 1.34. The minimum atomic E-state index is -0.573. The maximum absolute atomic E-state index is 13.6. The average Bonchev–Trinajstić information content (AvgIpc) is 3.76. The molecule has 0 bridgehead atoms. The van der Waals surface area contributed by atoms with E-state index < -0.39 is 6.04 Å². The van der Waals surface area contributed by atoms with Gasteiger partial charge in [0.1, 0.15) is 11.7 Å². The van der Waals surface area contributed by atoms with E-state index in [-0.39, 0.29) is 29.7 Å². The molecular formula is C27H34N6O2. The van der Waals surface area contributed by atoms with Gasteiger partial charge in [-0.15, -0.1) is 0 Å². The van der Waals surface area contributed by atoms with Crippen LogP contribution < -0.4 is 10.6 Å². The van der Waals surface area contributed by atoms with Gasteiger partial charge < -0.3 is 10.6 Å². The first kappa shape index (κ1) is 23.5. The topological polar surface area (TPSA) is 101 Å². The van der Waals surface area contributed by atoms with E-state index in [4.69, 9.17) is 0 Å². The maximum atomic E-state index is 13.6. The van der Waals surface area contributed by atoms with Gasteiger partial charge in [-0.2, -0.15) is 15.3 Å². The summed E-state index contributed by atoms with van der Waals surface area (Å²) in [6, 6.07) is 9.06. The molecule has 0 saturated heterocycles. The van der Waals surface area contributed by atoms with E-state index in [0.29, 0.717) is 17.5 Å². The molecule has 1 aliphatic heterocycles. The molecule has 2 aliphatic carbocycles. The molecule has 8 heteroatoms. The minimum absolute atomic E-state index is 0.0569. The van der Waals surface area contributed by atoms with Crippen molar-refractivity contribution < 1.29 is 9.59 Å². The number of hydrogen-bond acceptors (Lipinski definition) is 5. The number of nitrogens with one attached hydrogen (secondary N) is 2. The molecule has 1 unspecified atom stereocenters. The van der Waals surface area contributed by atoms with Crippen molar-refractivity contribution in [3.05, 3.63) is 47.8 Å². The third-order valence-corrected chi connectivity index (χ3v) is 7.39. The van der Waals surface area contributed by atoms with E-state index in [1.54, 1.807) is 16.9 Å². The molecule has 0 radical (unpaired) electrons. The van der Waals surface area contributed by atoms with Gasteiger partial charge in [0.15, 0.2) is 0 Å². The minimum Gasteiger partial charge on any atom is -0.339 e. The maximum Gasteiger partial charge on any atom is 0.270 e. The van der Waals surface area contributed by atoms with Crippen LogP contribution in [-0.4, -0.2) is 39.1 Å². The largest absolute Gasteiger partial charge is 0.339 e. The van der Waals surface area contributed by atoms with Crippen LogP contribution in [0.3, 0.4) is 0 Å².